The van der Waals surface area contributed by atoms with E-state index in [1.807, 2.05) is 0 Å². The van der Waals surface area contributed by atoms with E-state index in [1.54, 1.807) is 0 Å². The third kappa shape index (κ3) is 3.79. The molecule has 0 saturated heterocycles. The lowest BCUT2D eigenvalue weighted by Gasteiger charge is -2.17. The Bertz CT molecular complexity index is 574. The first kappa shape index (κ1) is 16.4. The van der Waals surface area contributed by atoms with Crippen molar-refractivity contribution in [2.75, 3.05) is 5.88 Å². The Labute approximate surface area is 133 Å². The van der Waals surface area contributed by atoms with E-state index in [9.17, 15) is 0 Å². The van der Waals surface area contributed by atoms with Gasteiger partial charge in [-0.05, 0) is 31.9 Å². The maximum Gasteiger partial charge on any atom is 0.111 e. The molecule has 0 aliphatic heterocycles. The molecule has 0 N–H and O–H groups in total. The summed E-state index contributed by atoms with van der Waals surface area (Å²) in [7, 11) is 0. The number of rotatable bonds is 8. The summed E-state index contributed by atoms with van der Waals surface area (Å²) in [5.41, 5.74) is 3.65. The first-order valence-corrected chi connectivity index (χ1v) is 8.74. The molecule has 1 unspecified atom stereocenters. The van der Waals surface area contributed by atoms with E-state index >= 15 is 0 Å². The number of fused-ring (bicyclic) bond motifs is 1. The molecule has 0 spiro atoms. The molecule has 2 nitrogen and oxygen atoms in total. The molecule has 0 radical (unpaired) electrons. The van der Waals surface area contributed by atoms with Crippen LogP contribution in [0.2, 0.25) is 0 Å². The van der Waals surface area contributed by atoms with Crippen molar-refractivity contribution in [3.05, 3.63) is 29.6 Å². The Balaban J connectivity index is 2.27. The summed E-state index contributed by atoms with van der Waals surface area (Å²) in [6.45, 7) is 6.71. The SMILES string of the molecule is CCCCCCC(C)n1c(CCCl)nc2c(C)cccc21. The van der Waals surface area contributed by atoms with Gasteiger partial charge in [-0.15, -0.1) is 11.6 Å². The lowest BCUT2D eigenvalue weighted by molar-refractivity contribution is 0.470. The van der Waals surface area contributed by atoms with Gasteiger partial charge in [0.25, 0.3) is 0 Å². The van der Waals surface area contributed by atoms with Crippen molar-refractivity contribution in [3.8, 4) is 0 Å². The minimum absolute atomic E-state index is 0.492. The number of nitrogens with zero attached hydrogens (tertiary/aromatic N) is 2. The third-order valence-corrected chi connectivity index (χ3v) is 4.42. The Morgan fingerprint density at radius 3 is 2.76 bits per heavy atom. The smallest absolute Gasteiger partial charge is 0.111 e. The molecule has 0 amide bonds. The zero-order chi connectivity index (χ0) is 15.2. The van der Waals surface area contributed by atoms with Crippen LogP contribution in [0.1, 0.15) is 63.4 Å². The number of benzene rings is 1. The molecular formula is C18H27ClN2. The fraction of sp³-hybridized carbons (Fsp3) is 0.611. The normalized spacial score (nSPS) is 13.0. The number of aromatic nitrogens is 2. The molecule has 1 heterocycles. The lowest BCUT2D eigenvalue weighted by Crippen LogP contribution is -2.10. The highest BCUT2D eigenvalue weighted by Crippen LogP contribution is 2.27. The number of aryl methyl sites for hydroxylation is 2. The Morgan fingerprint density at radius 1 is 1.24 bits per heavy atom. The number of para-hydroxylation sites is 1. The number of halogens is 1. The minimum atomic E-state index is 0.492. The molecule has 0 bridgehead atoms. The van der Waals surface area contributed by atoms with E-state index in [0.29, 0.717) is 11.9 Å². The van der Waals surface area contributed by atoms with E-state index in [1.165, 1.54) is 43.2 Å². The van der Waals surface area contributed by atoms with E-state index in [4.69, 9.17) is 16.6 Å². The average molecular weight is 307 g/mol. The predicted molar refractivity (Wildman–Crippen MR) is 92.4 cm³/mol. The second kappa shape index (κ2) is 7.84. The van der Waals surface area contributed by atoms with Gasteiger partial charge in [0.2, 0.25) is 0 Å². The highest BCUT2D eigenvalue weighted by molar-refractivity contribution is 6.17. The summed E-state index contributed by atoms with van der Waals surface area (Å²) in [6.07, 6.45) is 7.31. The second-order valence-corrected chi connectivity index (χ2v) is 6.36. The van der Waals surface area contributed by atoms with Gasteiger partial charge in [-0.1, -0.05) is 44.7 Å². The molecule has 0 saturated carbocycles. The number of unbranched alkanes of at least 4 members (excludes halogenated alkanes) is 3. The highest BCUT2D eigenvalue weighted by Gasteiger charge is 2.16. The topological polar surface area (TPSA) is 17.8 Å². The van der Waals surface area contributed by atoms with Gasteiger partial charge in [0.05, 0.1) is 11.0 Å². The Hall–Kier alpha value is -1.02. The van der Waals surface area contributed by atoms with Crippen LogP contribution in [0.3, 0.4) is 0 Å². The van der Waals surface area contributed by atoms with Crippen molar-refractivity contribution in [2.45, 2.75) is 65.3 Å². The van der Waals surface area contributed by atoms with Crippen LogP contribution in [0, 0.1) is 6.92 Å². The van der Waals surface area contributed by atoms with E-state index < -0.39 is 0 Å². The molecule has 116 valence electrons. The molecule has 21 heavy (non-hydrogen) atoms. The van der Waals surface area contributed by atoms with Crippen molar-refractivity contribution in [1.29, 1.82) is 0 Å². The summed E-state index contributed by atoms with van der Waals surface area (Å²) in [5.74, 6) is 1.77. The van der Waals surface area contributed by atoms with Gasteiger partial charge in [0, 0.05) is 18.3 Å². The van der Waals surface area contributed by atoms with Gasteiger partial charge < -0.3 is 4.57 Å². The monoisotopic (exact) mass is 306 g/mol. The van der Waals surface area contributed by atoms with Crippen LogP contribution < -0.4 is 0 Å². The molecule has 0 fully saturated rings. The molecule has 3 heteroatoms. The molecule has 1 aromatic carbocycles. The third-order valence-electron chi connectivity index (χ3n) is 4.23. The average Bonchev–Trinajstić information content (AvgIpc) is 2.84. The fourth-order valence-electron chi connectivity index (χ4n) is 3.05. The largest absolute Gasteiger partial charge is 0.325 e. The van der Waals surface area contributed by atoms with E-state index in [2.05, 4.69) is 43.5 Å². The Kier molecular flexibility index (Phi) is 6.10. The lowest BCUT2D eigenvalue weighted by atomic mass is 10.1. The molecular weight excluding hydrogens is 280 g/mol. The zero-order valence-electron chi connectivity index (χ0n) is 13.5. The first-order chi connectivity index (χ1) is 10.2. The second-order valence-electron chi connectivity index (χ2n) is 5.98. The number of hydrogen-bond donors (Lipinski definition) is 0. The van der Waals surface area contributed by atoms with Crippen LogP contribution in [-0.2, 0) is 6.42 Å². The molecule has 1 atom stereocenters. The molecule has 2 rings (SSSR count). The van der Waals surface area contributed by atoms with Crippen molar-refractivity contribution >= 4 is 22.6 Å². The van der Waals surface area contributed by atoms with E-state index in [0.717, 1.165) is 17.8 Å². The first-order valence-electron chi connectivity index (χ1n) is 8.21. The zero-order valence-corrected chi connectivity index (χ0v) is 14.3. The fourth-order valence-corrected chi connectivity index (χ4v) is 3.22. The van der Waals surface area contributed by atoms with Gasteiger partial charge in [-0.25, -0.2) is 4.98 Å². The molecule has 0 aliphatic carbocycles. The summed E-state index contributed by atoms with van der Waals surface area (Å²) in [6, 6.07) is 6.95. The van der Waals surface area contributed by atoms with Crippen molar-refractivity contribution in [3.63, 3.8) is 0 Å². The number of hydrogen-bond acceptors (Lipinski definition) is 1. The summed E-state index contributed by atoms with van der Waals surface area (Å²) in [4.78, 5) is 4.85. The van der Waals surface area contributed by atoms with Crippen LogP contribution >= 0.6 is 11.6 Å². The van der Waals surface area contributed by atoms with Crippen molar-refractivity contribution < 1.29 is 0 Å². The molecule has 1 aromatic heterocycles. The highest BCUT2D eigenvalue weighted by atomic mass is 35.5. The van der Waals surface area contributed by atoms with Crippen LogP contribution in [0.4, 0.5) is 0 Å². The maximum atomic E-state index is 5.97. The summed E-state index contributed by atoms with van der Waals surface area (Å²) in [5, 5.41) is 0. The Morgan fingerprint density at radius 2 is 2.05 bits per heavy atom. The van der Waals surface area contributed by atoms with Gasteiger partial charge in [0.15, 0.2) is 0 Å². The quantitative estimate of drug-likeness (QED) is 0.454. The van der Waals surface area contributed by atoms with Gasteiger partial charge in [0.1, 0.15) is 5.82 Å². The van der Waals surface area contributed by atoms with E-state index in [-0.39, 0.29) is 0 Å². The number of alkyl halides is 1. The van der Waals surface area contributed by atoms with Crippen LogP contribution in [0.25, 0.3) is 11.0 Å². The molecule has 2 aromatic rings. The van der Waals surface area contributed by atoms with Crippen molar-refractivity contribution in [2.24, 2.45) is 0 Å². The van der Waals surface area contributed by atoms with Gasteiger partial charge in [-0.3, -0.25) is 0 Å². The maximum absolute atomic E-state index is 5.97. The summed E-state index contributed by atoms with van der Waals surface area (Å²) >= 11 is 5.97. The number of imidazole rings is 1. The van der Waals surface area contributed by atoms with Crippen LogP contribution in [0.15, 0.2) is 18.2 Å². The predicted octanol–water partition coefficient (Wildman–Crippen LogP) is 5.66. The van der Waals surface area contributed by atoms with Crippen LogP contribution in [-0.4, -0.2) is 15.4 Å². The minimum Gasteiger partial charge on any atom is -0.325 e. The van der Waals surface area contributed by atoms with Crippen LogP contribution in [0.5, 0.6) is 0 Å². The standard InChI is InChI=1S/C18H27ClN2/c1-4-5-6-7-10-15(3)21-16-11-8-9-14(2)18(16)20-17(21)12-13-19/h8-9,11,15H,4-7,10,12-13H2,1-3H3. The summed E-state index contributed by atoms with van der Waals surface area (Å²) < 4.78 is 2.41. The molecule has 0 aliphatic rings. The van der Waals surface area contributed by atoms with Gasteiger partial charge in [-0.2, -0.15) is 0 Å². The van der Waals surface area contributed by atoms with Gasteiger partial charge >= 0.3 is 0 Å². The van der Waals surface area contributed by atoms with Crippen molar-refractivity contribution in [1.82, 2.24) is 9.55 Å².